The number of aromatic nitrogens is 1. The van der Waals surface area contributed by atoms with Crippen molar-refractivity contribution < 1.29 is 0 Å². The first-order valence-corrected chi connectivity index (χ1v) is 8.31. The molecule has 2 aromatic rings. The predicted molar refractivity (Wildman–Crippen MR) is 95.4 cm³/mol. The van der Waals surface area contributed by atoms with Gasteiger partial charge in [-0.1, -0.05) is 38.3 Å². The van der Waals surface area contributed by atoms with Gasteiger partial charge in [-0.25, -0.2) is 0 Å². The number of benzene rings is 1. The second kappa shape index (κ2) is 8.47. The van der Waals surface area contributed by atoms with Crippen LogP contribution in [0.1, 0.15) is 43.7 Å². The Morgan fingerprint density at radius 2 is 2.14 bits per heavy atom. The standard InChI is InChI=1S/C18H28N4/c1-3-4-5-6-11-20-18(19)21-12-10-15-13-22-16-9-7-8-14(2)17(15)16/h7-9,13,22H,3-6,10-12H2,1-2H3,(H3,19,20,21). The van der Waals surface area contributed by atoms with Gasteiger partial charge in [-0.05, 0) is 37.0 Å². The van der Waals surface area contributed by atoms with Crippen LogP contribution < -0.4 is 11.1 Å². The molecule has 0 aliphatic heterocycles. The van der Waals surface area contributed by atoms with Crippen molar-refractivity contribution in [3.8, 4) is 0 Å². The van der Waals surface area contributed by atoms with Gasteiger partial charge in [-0.15, -0.1) is 0 Å². The van der Waals surface area contributed by atoms with Gasteiger partial charge in [-0.3, -0.25) is 4.99 Å². The molecule has 120 valence electrons. The van der Waals surface area contributed by atoms with Gasteiger partial charge in [0.2, 0.25) is 0 Å². The molecule has 0 radical (unpaired) electrons. The molecule has 4 nitrogen and oxygen atoms in total. The second-order valence-electron chi connectivity index (χ2n) is 5.82. The van der Waals surface area contributed by atoms with Crippen LogP contribution in [-0.4, -0.2) is 24.0 Å². The summed E-state index contributed by atoms with van der Waals surface area (Å²) in [6.45, 7) is 6.00. The molecule has 2 rings (SSSR count). The monoisotopic (exact) mass is 300 g/mol. The lowest BCUT2D eigenvalue weighted by Gasteiger charge is -2.06. The molecule has 0 aliphatic rings. The van der Waals surface area contributed by atoms with E-state index in [1.165, 1.54) is 41.3 Å². The summed E-state index contributed by atoms with van der Waals surface area (Å²) in [6, 6.07) is 6.35. The summed E-state index contributed by atoms with van der Waals surface area (Å²) in [7, 11) is 0. The molecule has 0 saturated carbocycles. The number of fused-ring (bicyclic) bond motifs is 1. The highest BCUT2D eigenvalue weighted by molar-refractivity contribution is 5.86. The summed E-state index contributed by atoms with van der Waals surface area (Å²) in [4.78, 5) is 7.70. The SMILES string of the molecule is CCCCCCN=C(N)NCCc1c[nH]c2cccc(C)c12. The fourth-order valence-corrected chi connectivity index (χ4v) is 2.77. The maximum atomic E-state index is 5.90. The molecule has 4 heteroatoms. The van der Waals surface area contributed by atoms with Crippen LogP contribution in [0.2, 0.25) is 0 Å². The zero-order chi connectivity index (χ0) is 15.8. The second-order valence-corrected chi connectivity index (χ2v) is 5.82. The van der Waals surface area contributed by atoms with Crippen molar-refractivity contribution in [1.82, 2.24) is 10.3 Å². The average Bonchev–Trinajstić information content (AvgIpc) is 2.92. The topological polar surface area (TPSA) is 66.2 Å². The molecule has 0 atom stereocenters. The van der Waals surface area contributed by atoms with Crippen molar-refractivity contribution >= 4 is 16.9 Å². The molecule has 0 unspecified atom stereocenters. The van der Waals surface area contributed by atoms with Gasteiger partial charge in [-0.2, -0.15) is 0 Å². The average molecular weight is 300 g/mol. The Balaban J connectivity index is 1.79. The van der Waals surface area contributed by atoms with E-state index >= 15 is 0 Å². The van der Waals surface area contributed by atoms with Crippen LogP contribution in [0.15, 0.2) is 29.4 Å². The van der Waals surface area contributed by atoms with Crippen molar-refractivity contribution in [3.63, 3.8) is 0 Å². The molecule has 0 fully saturated rings. The first-order valence-electron chi connectivity index (χ1n) is 8.31. The number of aryl methyl sites for hydroxylation is 1. The van der Waals surface area contributed by atoms with Crippen molar-refractivity contribution in [2.75, 3.05) is 13.1 Å². The molecule has 1 aromatic carbocycles. The third kappa shape index (κ3) is 4.52. The maximum absolute atomic E-state index is 5.90. The van der Waals surface area contributed by atoms with Crippen LogP contribution in [0.3, 0.4) is 0 Å². The normalized spacial score (nSPS) is 12.0. The molecule has 0 saturated heterocycles. The van der Waals surface area contributed by atoms with Crippen LogP contribution in [0, 0.1) is 6.92 Å². The number of nitrogens with zero attached hydrogens (tertiary/aromatic N) is 1. The molecule has 1 aromatic heterocycles. The summed E-state index contributed by atoms with van der Waals surface area (Å²) in [5, 5.41) is 4.54. The van der Waals surface area contributed by atoms with Crippen molar-refractivity contribution in [2.45, 2.75) is 46.0 Å². The van der Waals surface area contributed by atoms with Gasteiger partial charge >= 0.3 is 0 Å². The number of unbranched alkanes of at least 4 members (excludes halogenated alkanes) is 3. The molecule has 0 spiro atoms. The van der Waals surface area contributed by atoms with Crippen molar-refractivity contribution in [3.05, 3.63) is 35.5 Å². The summed E-state index contributed by atoms with van der Waals surface area (Å²) in [6.07, 6.45) is 7.93. The van der Waals surface area contributed by atoms with Gasteiger partial charge in [0, 0.05) is 30.2 Å². The lowest BCUT2D eigenvalue weighted by atomic mass is 10.1. The molecule has 0 aliphatic carbocycles. The number of aliphatic imine (C=N–C) groups is 1. The van der Waals surface area contributed by atoms with Gasteiger partial charge in [0.05, 0.1) is 0 Å². The Morgan fingerprint density at radius 3 is 2.95 bits per heavy atom. The van der Waals surface area contributed by atoms with Crippen LogP contribution >= 0.6 is 0 Å². The number of guanidine groups is 1. The number of rotatable bonds is 8. The number of hydrogen-bond donors (Lipinski definition) is 3. The Morgan fingerprint density at radius 1 is 1.27 bits per heavy atom. The molecule has 4 N–H and O–H groups in total. The molecular weight excluding hydrogens is 272 g/mol. The summed E-state index contributed by atoms with van der Waals surface area (Å²) in [5.74, 6) is 0.563. The zero-order valence-electron chi connectivity index (χ0n) is 13.8. The number of H-pyrrole nitrogens is 1. The Hall–Kier alpha value is -1.97. The van der Waals surface area contributed by atoms with E-state index in [1.54, 1.807) is 0 Å². The minimum absolute atomic E-state index is 0.563. The minimum Gasteiger partial charge on any atom is -0.370 e. The zero-order valence-corrected chi connectivity index (χ0v) is 13.8. The first-order chi connectivity index (χ1) is 10.7. The van der Waals surface area contributed by atoms with E-state index < -0.39 is 0 Å². The van der Waals surface area contributed by atoms with Gasteiger partial charge < -0.3 is 16.0 Å². The predicted octanol–water partition coefficient (Wildman–Crippen LogP) is 3.50. The molecule has 22 heavy (non-hydrogen) atoms. The van der Waals surface area contributed by atoms with E-state index in [-0.39, 0.29) is 0 Å². The smallest absolute Gasteiger partial charge is 0.188 e. The van der Waals surface area contributed by atoms with E-state index in [0.29, 0.717) is 5.96 Å². The highest BCUT2D eigenvalue weighted by atomic mass is 15.1. The van der Waals surface area contributed by atoms with E-state index in [1.807, 2.05) is 0 Å². The molecule has 0 bridgehead atoms. The van der Waals surface area contributed by atoms with E-state index in [4.69, 9.17) is 5.73 Å². The van der Waals surface area contributed by atoms with Crippen LogP contribution in [0.4, 0.5) is 0 Å². The van der Waals surface area contributed by atoms with Crippen molar-refractivity contribution in [1.29, 1.82) is 0 Å². The summed E-state index contributed by atoms with van der Waals surface area (Å²) >= 11 is 0. The lowest BCUT2D eigenvalue weighted by Crippen LogP contribution is -2.33. The maximum Gasteiger partial charge on any atom is 0.188 e. The van der Waals surface area contributed by atoms with Crippen LogP contribution in [0.25, 0.3) is 10.9 Å². The van der Waals surface area contributed by atoms with E-state index in [2.05, 4.69) is 53.5 Å². The number of hydrogen-bond acceptors (Lipinski definition) is 1. The highest BCUT2D eigenvalue weighted by Gasteiger charge is 2.05. The minimum atomic E-state index is 0.563. The molecule has 0 amide bonds. The summed E-state index contributed by atoms with van der Waals surface area (Å²) < 4.78 is 0. The van der Waals surface area contributed by atoms with Crippen LogP contribution in [0.5, 0.6) is 0 Å². The number of aromatic amines is 1. The van der Waals surface area contributed by atoms with E-state index in [9.17, 15) is 0 Å². The Kier molecular flexibility index (Phi) is 6.31. The number of nitrogens with one attached hydrogen (secondary N) is 2. The summed E-state index contributed by atoms with van der Waals surface area (Å²) in [5.41, 5.74) is 9.74. The highest BCUT2D eigenvalue weighted by Crippen LogP contribution is 2.22. The lowest BCUT2D eigenvalue weighted by molar-refractivity contribution is 0.673. The third-order valence-corrected chi connectivity index (χ3v) is 3.99. The first kappa shape index (κ1) is 16.4. The molecule has 1 heterocycles. The fourth-order valence-electron chi connectivity index (χ4n) is 2.77. The van der Waals surface area contributed by atoms with E-state index in [0.717, 1.165) is 25.9 Å². The van der Waals surface area contributed by atoms with Crippen molar-refractivity contribution in [2.24, 2.45) is 10.7 Å². The van der Waals surface area contributed by atoms with Crippen LogP contribution in [-0.2, 0) is 6.42 Å². The molecular formula is C18H28N4. The Labute approximate surface area is 133 Å². The Bertz CT molecular complexity index is 613. The van der Waals surface area contributed by atoms with Gasteiger partial charge in [0.15, 0.2) is 5.96 Å². The fraction of sp³-hybridized carbons (Fsp3) is 0.500. The number of nitrogens with two attached hydrogens (primary N) is 1. The van der Waals surface area contributed by atoms with Gasteiger partial charge in [0.1, 0.15) is 0 Å². The van der Waals surface area contributed by atoms with Gasteiger partial charge in [0.25, 0.3) is 0 Å². The quantitative estimate of drug-likeness (QED) is 0.397. The largest absolute Gasteiger partial charge is 0.370 e. The third-order valence-electron chi connectivity index (χ3n) is 3.99.